The molecule has 31 heavy (non-hydrogen) atoms. The number of amides is 1. The van der Waals surface area contributed by atoms with Gasteiger partial charge in [-0.25, -0.2) is 0 Å². The minimum Gasteiger partial charge on any atom is -0.497 e. The highest BCUT2D eigenvalue weighted by Gasteiger charge is 2.16. The number of hydrogen-bond donors (Lipinski definition) is 1. The highest BCUT2D eigenvalue weighted by Crippen LogP contribution is 2.25. The number of aryl methyl sites for hydroxylation is 2. The Kier molecular flexibility index (Phi) is 5.08. The lowest BCUT2D eigenvalue weighted by molar-refractivity contribution is -0.385. The Morgan fingerprint density at radius 3 is 2.32 bits per heavy atom. The van der Waals surface area contributed by atoms with E-state index >= 15 is 0 Å². The van der Waals surface area contributed by atoms with Crippen molar-refractivity contribution in [2.45, 2.75) is 13.8 Å². The van der Waals surface area contributed by atoms with Crippen molar-refractivity contribution in [3.63, 3.8) is 0 Å². The van der Waals surface area contributed by atoms with E-state index in [2.05, 4.69) is 15.5 Å². The van der Waals surface area contributed by atoms with Gasteiger partial charge in [-0.2, -0.15) is 4.80 Å². The van der Waals surface area contributed by atoms with E-state index in [4.69, 9.17) is 4.74 Å². The molecule has 0 fully saturated rings. The third kappa shape index (κ3) is 3.93. The number of nitrogens with one attached hydrogen (secondary N) is 1. The molecule has 0 spiro atoms. The number of carbonyl (C=O) groups excluding carboxylic acids is 1. The molecule has 156 valence electrons. The number of fused-ring (bicyclic) bond motifs is 1. The second-order valence-electron chi connectivity index (χ2n) is 7.06. The summed E-state index contributed by atoms with van der Waals surface area (Å²) < 4.78 is 5.17. The van der Waals surface area contributed by atoms with Crippen LogP contribution in [0, 0.1) is 24.0 Å². The Hall–Kier alpha value is -4.27. The zero-order valence-electron chi connectivity index (χ0n) is 17.1. The molecule has 0 aliphatic heterocycles. The Balaban J connectivity index is 1.63. The largest absolute Gasteiger partial charge is 0.497 e. The molecule has 4 rings (SSSR count). The summed E-state index contributed by atoms with van der Waals surface area (Å²) in [5, 5.41) is 23.0. The number of nitro benzene ring substituents is 1. The first kappa shape index (κ1) is 20.0. The van der Waals surface area contributed by atoms with Gasteiger partial charge < -0.3 is 10.1 Å². The van der Waals surface area contributed by atoms with Gasteiger partial charge in [-0.3, -0.25) is 14.9 Å². The van der Waals surface area contributed by atoms with Gasteiger partial charge in [0.25, 0.3) is 11.6 Å². The van der Waals surface area contributed by atoms with Gasteiger partial charge in [0.05, 0.1) is 17.7 Å². The van der Waals surface area contributed by atoms with Crippen molar-refractivity contribution in [3.05, 3.63) is 81.4 Å². The van der Waals surface area contributed by atoms with Gasteiger partial charge in [0, 0.05) is 22.9 Å². The standard InChI is InChI=1S/C22H19N5O4/c1-13-4-5-15(11-21(13)27(29)30)22(28)23-18-12-20-19(10-14(18)2)24-26(25-20)16-6-8-17(31-3)9-7-16/h4-12H,1-3H3,(H,23,28). The maximum absolute atomic E-state index is 12.7. The molecule has 0 unspecified atom stereocenters. The van der Waals surface area contributed by atoms with Crippen LogP contribution in [0.1, 0.15) is 21.5 Å². The van der Waals surface area contributed by atoms with E-state index in [-0.39, 0.29) is 11.3 Å². The topological polar surface area (TPSA) is 112 Å². The fraction of sp³-hybridized carbons (Fsp3) is 0.136. The molecule has 1 amide bonds. The Bertz CT molecular complexity index is 1310. The second-order valence-corrected chi connectivity index (χ2v) is 7.06. The SMILES string of the molecule is COc1ccc(-n2nc3cc(C)c(NC(=O)c4ccc(C)c([N+](=O)[O-])c4)cc3n2)cc1. The van der Waals surface area contributed by atoms with E-state index < -0.39 is 10.8 Å². The molecule has 4 aromatic rings. The maximum Gasteiger partial charge on any atom is 0.273 e. The molecule has 3 aromatic carbocycles. The average molecular weight is 417 g/mol. The number of nitro groups is 1. The summed E-state index contributed by atoms with van der Waals surface area (Å²) in [6, 6.07) is 15.3. The van der Waals surface area contributed by atoms with E-state index in [0.717, 1.165) is 17.0 Å². The van der Waals surface area contributed by atoms with Crippen LogP contribution in [0.5, 0.6) is 5.75 Å². The maximum atomic E-state index is 12.7. The van der Waals surface area contributed by atoms with Crippen LogP contribution in [0.25, 0.3) is 16.7 Å². The second kappa shape index (κ2) is 7.86. The van der Waals surface area contributed by atoms with Gasteiger partial charge >= 0.3 is 0 Å². The Morgan fingerprint density at radius 2 is 1.68 bits per heavy atom. The lowest BCUT2D eigenvalue weighted by Gasteiger charge is -2.08. The van der Waals surface area contributed by atoms with Crippen molar-refractivity contribution >= 4 is 28.3 Å². The molecule has 0 saturated carbocycles. The summed E-state index contributed by atoms with van der Waals surface area (Å²) >= 11 is 0. The molecule has 0 atom stereocenters. The van der Waals surface area contributed by atoms with E-state index in [1.807, 2.05) is 37.3 Å². The summed E-state index contributed by atoms with van der Waals surface area (Å²) in [5.41, 5.74) is 4.01. The first-order valence-electron chi connectivity index (χ1n) is 9.44. The predicted octanol–water partition coefficient (Wildman–Crippen LogP) is 4.21. The smallest absolute Gasteiger partial charge is 0.273 e. The molecule has 1 aromatic heterocycles. The van der Waals surface area contributed by atoms with Gasteiger partial charge in [0.15, 0.2) is 0 Å². The first-order valence-corrected chi connectivity index (χ1v) is 9.44. The van der Waals surface area contributed by atoms with Crippen molar-refractivity contribution in [2.75, 3.05) is 12.4 Å². The van der Waals surface area contributed by atoms with Gasteiger partial charge in [-0.15, -0.1) is 10.2 Å². The van der Waals surface area contributed by atoms with Gasteiger partial charge in [-0.05, 0) is 61.9 Å². The molecular formula is C22H19N5O4. The van der Waals surface area contributed by atoms with Crippen LogP contribution in [-0.2, 0) is 0 Å². The number of methoxy groups -OCH3 is 1. The van der Waals surface area contributed by atoms with E-state index in [0.29, 0.717) is 22.3 Å². The van der Waals surface area contributed by atoms with E-state index in [1.54, 1.807) is 32.2 Å². The fourth-order valence-corrected chi connectivity index (χ4v) is 3.18. The summed E-state index contributed by atoms with van der Waals surface area (Å²) in [6.07, 6.45) is 0. The molecule has 0 radical (unpaired) electrons. The monoisotopic (exact) mass is 417 g/mol. The van der Waals surface area contributed by atoms with Crippen LogP contribution in [0.2, 0.25) is 0 Å². The minimum atomic E-state index is -0.499. The van der Waals surface area contributed by atoms with Crippen molar-refractivity contribution in [1.82, 2.24) is 15.0 Å². The summed E-state index contributed by atoms with van der Waals surface area (Å²) in [7, 11) is 1.60. The van der Waals surface area contributed by atoms with E-state index in [9.17, 15) is 14.9 Å². The number of nitrogens with zero attached hydrogens (tertiary/aromatic N) is 4. The summed E-state index contributed by atoms with van der Waals surface area (Å²) in [4.78, 5) is 24.9. The lowest BCUT2D eigenvalue weighted by Crippen LogP contribution is -2.13. The van der Waals surface area contributed by atoms with Crippen molar-refractivity contribution in [1.29, 1.82) is 0 Å². The van der Waals surface area contributed by atoms with Crippen molar-refractivity contribution in [3.8, 4) is 11.4 Å². The molecular weight excluding hydrogens is 398 g/mol. The average Bonchev–Trinajstić information content (AvgIpc) is 3.16. The van der Waals surface area contributed by atoms with Crippen molar-refractivity contribution < 1.29 is 14.5 Å². The van der Waals surface area contributed by atoms with E-state index in [1.165, 1.54) is 10.9 Å². The quantitative estimate of drug-likeness (QED) is 0.385. The van der Waals surface area contributed by atoms with Gasteiger partial charge in [-0.1, -0.05) is 6.07 Å². The number of anilines is 1. The zero-order valence-corrected chi connectivity index (χ0v) is 17.1. The molecule has 1 N–H and O–H groups in total. The number of rotatable bonds is 5. The molecule has 0 bridgehead atoms. The predicted molar refractivity (Wildman–Crippen MR) is 116 cm³/mol. The highest BCUT2D eigenvalue weighted by molar-refractivity contribution is 6.05. The Morgan fingerprint density at radius 1 is 1.00 bits per heavy atom. The van der Waals surface area contributed by atoms with Crippen LogP contribution in [0.15, 0.2) is 54.6 Å². The number of hydrogen-bond acceptors (Lipinski definition) is 6. The molecule has 0 aliphatic rings. The number of ether oxygens (including phenoxy) is 1. The fourth-order valence-electron chi connectivity index (χ4n) is 3.18. The normalized spacial score (nSPS) is 10.8. The highest BCUT2D eigenvalue weighted by atomic mass is 16.6. The number of benzene rings is 3. The van der Waals surface area contributed by atoms with Crippen LogP contribution >= 0.6 is 0 Å². The molecule has 1 heterocycles. The summed E-state index contributed by atoms with van der Waals surface area (Å²) in [5.74, 6) is 0.297. The number of carbonyl (C=O) groups is 1. The minimum absolute atomic E-state index is 0.0951. The molecule has 9 heteroatoms. The van der Waals surface area contributed by atoms with Crippen LogP contribution in [-0.4, -0.2) is 32.9 Å². The first-order chi connectivity index (χ1) is 14.9. The molecule has 0 saturated heterocycles. The van der Waals surface area contributed by atoms with Crippen LogP contribution in [0.4, 0.5) is 11.4 Å². The number of aromatic nitrogens is 3. The summed E-state index contributed by atoms with van der Waals surface area (Å²) in [6.45, 7) is 3.48. The van der Waals surface area contributed by atoms with Crippen molar-refractivity contribution in [2.24, 2.45) is 0 Å². The van der Waals surface area contributed by atoms with Gasteiger partial charge in [0.1, 0.15) is 16.8 Å². The third-order valence-corrected chi connectivity index (χ3v) is 4.95. The van der Waals surface area contributed by atoms with Crippen LogP contribution < -0.4 is 10.1 Å². The van der Waals surface area contributed by atoms with Crippen LogP contribution in [0.3, 0.4) is 0 Å². The molecule has 9 nitrogen and oxygen atoms in total. The van der Waals surface area contributed by atoms with Gasteiger partial charge in [0.2, 0.25) is 0 Å². The molecule has 0 aliphatic carbocycles. The third-order valence-electron chi connectivity index (χ3n) is 4.95. The zero-order chi connectivity index (χ0) is 22.1. The lowest BCUT2D eigenvalue weighted by atomic mass is 10.1. The Labute approximate surface area is 177 Å².